The van der Waals surface area contributed by atoms with E-state index in [1.165, 1.54) is 12.8 Å². The average molecular weight is 356 g/mol. The second-order valence-electron chi connectivity index (χ2n) is 7.32. The highest BCUT2D eigenvalue weighted by Crippen LogP contribution is 2.28. The largest absolute Gasteiger partial charge is 0.322 e. The summed E-state index contributed by atoms with van der Waals surface area (Å²) in [4.78, 5) is 37.7. The van der Waals surface area contributed by atoms with Crippen molar-refractivity contribution in [3.63, 3.8) is 0 Å². The SMILES string of the molecule is O=C1CCC(N2Cc3cc(CNCC4CCCN4)ccc3C2=O)C(=O)N1. The van der Waals surface area contributed by atoms with Gasteiger partial charge in [0.1, 0.15) is 6.04 Å². The molecule has 3 N–H and O–H groups in total. The van der Waals surface area contributed by atoms with Crippen LogP contribution in [0.25, 0.3) is 0 Å². The number of piperidine rings is 1. The molecule has 2 unspecified atom stereocenters. The van der Waals surface area contributed by atoms with E-state index in [-0.39, 0.29) is 24.1 Å². The summed E-state index contributed by atoms with van der Waals surface area (Å²) in [5.74, 6) is -0.752. The predicted molar refractivity (Wildman–Crippen MR) is 95.2 cm³/mol. The van der Waals surface area contributed by atoms with Crippen molar-refractivity contribution in [2.24, 2.45) is 0 Å². The van der Waals surface area contributed by atoms with Gasteiger partial charge in [0.25, 0.3) is 5.91 Å². The van der Waals surface area contributed by atoms with Crippen LogP contribution in [0.15, 0.2) is 18.2 Å². The fourth-order valence-corrected chi connectivity index (χ4v) is 4.06. The molecule has 1 aromatic rings. The summed E-state index contributed by atoms with van der Waals surface area (Å²) in [5.41, 5.74) is 2.76. The zero-order valence-corrected chi connectivity index (χ0v) is 14.7. The normalized spacial score (nSPS) is 25.5. The number of carbonyl (C=O) groups is 3. The maximum atomic E-state index is 12.7. The minimum absolute atomic E-state index is 0.121. The summed E-state index contributed by atoms with van der Waals surface area (Å²) in [6.45, 7) is 3.23. The van der Waals surface area contributed by atoms with E-state index in [1.807, 2.05) is 18.2 Å². The van der Waals surface area contributed by atoms with Gasteiger partial charge in [-0.05, 0) is 43.0 Å². The Labute approximate surface area is 152 Å². The van der Waals surface area contributed by atoms with Gasteiger partial charge in [0.05, 0.1) is 0 Å². The van der Waals surface area contributed by atoms with E-state index in [2.05, 4.69) is 16.0 Å². The van der Waals surface area contributed by atoms with Crippen LogP contribution in [0.1, 0.15) is 47.2 Å². The van der Waals surface area contributed by atoms with Crippen LogP contribution in [0.4, 0.5) is 0 Å². The van der Waals surface area contributed by atoms with Gasteiger partial charge in [-0.15, -0.1) is 0 Å². The topological polar surface area (TPSA) is 90.5 Å². The predicted octanol–water partition coefficient (Wildman–Crippen LogP) is 0.289. The van der Waals surface area contributed by atoms with Crippen molar-refractivity contribution in [1.29, 1.82) is 0 Å². The first kappa shape index (κ1) is 17.2. The van der Waals surface area contributed by atoms with Crippen molar-refractivity contribution in [3.8, 4) is 0 Å². The Morgan fingerprint density at radius 2 is 2.08 bits per heavy atom. The Balaban J connectivity index is 1.39. The highest BCUT2D eigenvalue weighted by molar-refractivity contribution is 6.05. The lowest BCUT2D eigenvalue weighted by Gasteiger charge is -2.29. The lowest BCUT2D eigenvalue weighted by atomic mass is 10.0. The van der Waals surface area contributed by atoms with E-state index in [0.717, 1.165) is 30.8 Å². The van der Waals surface area contributed by atoms with Crippen molar-refractivity contribution in [3.05, 3.63) is 34.9 Å². The molecule has 7 heteroatoms. The monoisotopic (exact) mass is 356 g/mol. The third-order valence-corrected chi connectivity index (χ3v) is 5.47. The molecular formula is C19H24N4O3. The van der Waals surface area contributed by atoms with Gasteiger partial charge in [-0.2, -0.15) is 0 Å². The third-order valence-electron chi connectivity index (χ3n) is 5.47. The molecule has 138 valence electrons. The van der Waals surface area contributed by atoms with Gasteiger partial charge >= 0.3 is 0 Å². The first-order chi connectivity index (χ1) is 12.6. The maximum absolute atomic E-state index is 12.7. The molecule has 0 saturated carbocycles. The molecule has 0 aliphatic carbocycles. The Morgan fingerprint density at radius 3 is 2.85 bits per heavy atom. The van der Waals surface area contributed by atoms with Crippen molar-refractivity contribution < 1.29 is 14.4 Å². The van der Waals surface area contributed by atoms with Crippen molar-refractivity contribution >= 4 is 17.7 Å². The number of hydrogen-bond acceptors (Lipinski definition) is 5. The highest BCUT2D eigenvalue weighted by Gasteiger charge is 2.38. The third kappa shape index (κ3) is 3.37. The van der Waals surface area contributed by atoms with Crippen LogP contribution in [-0.2, 0) is 22.7 Å². The molecule has 26 heavy (non-hydrogen) atoms. The molecule has 3 aliphatic heterocycles. The summed E-state index contributed by atoms with van der Waals surface area (Å²) in [6.07, 6.45) is 3.13. The number of rotatable bonds is 5. The van der Waals surface area contributed by atoms with Gasteiger partial charge in [-0.25, -0.2) is 0 Å². The number of nitrogens with one attached hydrogen (secondary N) is 3. The number of imide groups is 1. The van der Waals surface area contributed by atoms with Crippen LogP contribution in [-0.4, -0.2) is 47.8 Å². The van der Waals surface area contributed by atoms with Gasteiger partial charge in [0.15, 0.2) is 0 Å². The summed E-state index contributed by atoms with van der Waals surface area (Å²) in [7, 11) is 0. The minimum atomic E-state index is -0.553. The quantitative estimate of drug-likeness (QED) is 0.660. The molecule has 3 amide bonds. The van der Waals surface area contributed by atoms with Crippen molar-refractivity contribution in [1.82, 2.24) is 20.9 Å². The minimum Gasteiger partial charge on any atom is -0.322 e. The first-order valence-corrected chi connectivity index (χ1v) is 9.32. The first-order valence-electron chi connectivity index (χ1n) is 9.32. The number of benzene rings is 1. The Morgan fingerprint density at radius 1 is 1.19 bits per heavy atom. The summed E-state index contributed by atoms with van der Waals surface area (Å²) < 4.78 is 0. The zero-order valence-electron chi connectivity index (χ0n) is 14.7. The summed E-state index contributed by atoms with van der Waals surface area (Å²) >= 11 is 0. The van der Waals surface area contributed by atoms with Gasteiger partial charge < -0.3 is 15.5 Å². The van der Waals surface area contributed by atoms with Crippen molar-refractivity contribution in [2.45, 2.75) is 50.9 Å². The van der Waals surface area contributed by atoms with Gasteiger partial charge in [-0.3, -0.25) is 19.7 Å². The number of nitrogens with zero attached hydrogens (tertiary/aromatic N) is 1. The van der Waals surface area contributed by atoms with Crippen LogP contribution in [0, 0.1) is 0 Å². The Bertz CT molecular complexity index is 742. The van der Waals surface area contributed by atoms with Gasteiger partial charge in [-0.1, -0.05) is 12.1 Å². The second-order valence-corrected chi connectivity index (χ2v) is 7.32. The number of carbonyl (C=O) groups excluding carboxylic acids is 3. The maximum Gasteiger partial charge on any atom is 0.255 e. The van der Waals surface area contributed by atoms with E-state index in [4.69, 9.17) is 0 Å². The smallest absolute Gasteiger partial charge is 0.255 e. The summed E-state index contributed by atoms with van der Waals surface area (Å²) in [5, 5.41) is 9.27. The van der Waals surface area contributed by atoms with E-state index in [9.17, 15) is 14.4 Å². The molecule has 3 heterocycles. The standard InChI is InChI=1S/C19H24N4O3/c24-17-6-5-16(18(25)22-17)23-11-13-8-12(3-4-15(13)19(23)26)9-20-10-14-2-1-7-21-14/h3-4,8,14,16,20-21H,1-2,5-7,9-11H2,(H,22,24,25). The second kappa shape index (κ2) is 7.17. The molecule has 4 rings (SSSR count). The number of fused-ring (bicyclic) bond motifs is 1. The molecule has 0 bridgehead atoms. The average Bonchev–Trinajstić information content (AvgIpc) is 3.23. The molecule has 0 radical (unpaired) electrons. The Hall–Kier alpha value is -2.25. The van der Waals surface area contributed by atoms with Crippen LogP contribution in [0.2, 0.25) is 0 Å². The number of amides is 3. The fourth-order valence-electron chi connectivity index (χ4n) is 4.06. The molecule has 7 nitrogen and oxygen atoms in total. The van der Waals surface area contributed by atoms with E-state index in [0.29, 0.717) is 24.6 Å². The molecule has 0 spiro atoms. The molecule has 2 atom stereocenters. The fraction of sp³-hybridized carbons (Fsp3) is 0.526. The molecule has 2 fully saturated rings. The molecule has 0 aromatic heterocycles. The number of hydrogen-bond donors (Lipinski definition) is 3. The van der Waals surface area contributed by atoms with E-state index in [1.54, 1.807) is 4.90 Å². The van der Waals surface area contributed by atoms with E-state index >= 15 is 0 Å². The molecule has 1 aromatic carbocycles. The zero-order chi connectivity index (χ0) is 18.1. The molecular weight excluding hydrogens is 332 g/mol. The lowest BCUT2D eigenvalue weighted by molar-refractivity contribution is -0.136. The molecule has 2 saturated heterocycles. The molecule has 3 aliphatic rings. The lowest BCUT2D eigenvalue weighted by Crippen LogP contribution is -2.52. The highest BCUT2D eigenvalue weighted by atomic mass is 16.2. The van der Waals surface area contributed by atoms with E-state index < -0.39 is 6.04 Å². The van der Waals surface area contributed by atoms with Crippen LogP contribution in [0.3, 0.4) is 0 Å². The van der Waals surface area contributed by atoms with Crippen LogP contribution < -0.4 is 16.0 Å². The van der Waals surface area contributed by atoms with Gasteiger partial charge in [0, 0.05) is 37.7 Å². The van der Waals surface area contributed by atoms with Crippen molar-refractivity contribution in [2.75, 3.05) is 13.1 Å². The van der Waals surface area contributed by atoms with Crippen LogP contribution in [0.5, 0.6) is 0 Å². The Kier molecular flexibility index (Phi) is 4.74. The van der Waals surface area contributed by atoms with Crippen LogP contribution >= 0.6 is 0 Å². The summed E-state index contributed by atoms with van der Waals surface area (Å²) in [6, 6.07) is 5.87. The van der Waals surface area contributed by atoms with Gasteiger partial charge in [0.2, 0.25) is 11.8 Å².